The average molecular weight is 452 g/mol. The number of rotatable bonds is 9. The molecule has 0 fully saturated rings. The second kappa shape index (κ2) is 10.3. The molecular formula is C26H29NO6. The summed E-state index contributed by atoms with van der Waals surface area (Å²) < 4.78 is 11.5. The molecule has 7 heteroatoms. The van der Waals surface area contributed by atoms with Crippen LogP contribution in [0.25, 0.3) is 11.0 Å². The minimum Gasteiger partial charge on any atom is -0.480 e. The Hall–Kier alpha value is -3.61. The smallest absolute Gasteiger partial charge is 0.340 e. The Morgan fingerprint density at radius 1 is 1.09 bits per heavy atom. The van der Waals surface area contributed by atoms with Crippen molar-refractivity contribution in [1.82, 2.24) is 5.32 Å². The van der Waals surface area contributed by atoms with Crippen LogP contribution in [0.2, 0.25) is 0 Å². The van der Waals surface area contributed by atoms with Crippen LogP contribution in [0, 0.1) is 13.8 Å². The predicted octanol–water partition coefficient (Wildman–Crippen LogP) is 4.14. The van der Waals surface area contributed by atoms with Crippen molar-refractivity contribution in [2.75, 3.05) is 0 Å². The molecule has 0 radical (unpaired) electrons. The molecule has 0 unspecified atom stereocenters. The molecule has 3 rings (SSSR count). The van der Waals surface area contributed by atoms with Crippen LogP contribution in [-0.4, -0.2) is 29.1 Å². The number of ether oxygens (including phenoxy) is 1. The number of carboxylic acids is 1. The predicted molar refractivity (Wildman–Crippen MR) is 126 cm³/mol. The van der Waals surface area contributed by atoms with E-state index < -0.39 is 29.6 Å². The minimum atomic E-state index is -1.08. The molecule has 3 aromatic rings. The standard InChI is InChI=1S/C26H29NO6/c1-5-9-21(25(29)30)27-24(28)17(4)32-22-13-12-19-15(2)20(14-18-10-7-6-8-11-18)26(31)33-23(19)16(22)3/h6-8,10-13,17,21H,5,9,14H2,1-4H3,(H,27,28)(H,29,30)/t17-,21-/m1/s1. The number of nitrogens with one attached hydrogen (secondary N) is 1. The SMILES string of the molecule is CCC[C@@H](NC(=O)[C@@H](C)Oc1ccc2c(C)c(Cc3ccccc3)c(=O)oc2c1C)C(=O)O. The topological polar surface area (TPSA) is 106 Å². The van der Waals surface area contributed by atoms with Gasteiger partial charge in [0, 0.05) is 22.9 Å². The van der Waals surface area contributed by atoms with Crippen molar-refractivity contribution >= 4 is 22.8 Å². The second-order valence-electron chi connectivity index (χ2n) is 8.17. The molecule has 0 bridgehead atoms. The van der Waals surface area contributed by atoms with Crippen LogP contribution in [0.15, 0.2) is 51.7 Å². The number of aryl methyl sites for hydroxylation is 2. The molecular weight excluding hydrogens is 422 g/mol. The number of hydrogen-bond acceptors (Lipinski definition) is 5. The normalized spacial score (nSPS) is 12.8. The van der Waals surface area contributed by atoms with Crippen molar-refractivity contribution in [3.63, 3.8) is 0 Å². The molecule has 33 heavy (non-hydrogen) atoms. The van der Waals surface area contributed by atoms with E-state index >= 15 is 0 Å². The summed E-state index contributed by atoms with van der Waals surface area (Å²) in [6, 6.07) is 12.3. The highest BCUT2D eigenvalue weighted by atomic mass is 16.5. The number of aliphatic carboxylic acids is 1. The van der Waals surface area contributed by atoms with E-state index in [9.17, 15) is 19.5 Å². The summed E-state index contributed by atoms with van der Waals surface area (Å²) in [6.45, 7) is 7.06. The van der Waals surface area contributed by atoms with Crippen LogP contribution in [0.3, 0.4) is 0 Å². The lowest BCUT2D eigenvalue weighted by Crippen LogP contribution is -2.46. The third-order valence-electron chi connectivity index (χ3n) is 5.74. The summed E-state index contributed by atoms with van der Waals surface area (Å²) in [5.41, 5.74) is 3.07. The van der Waals surface area contributed by atoms with Crippen molar-refractivity contribution in [3.05, 3.63) is 75.1 Å². The van der Waals surface area contributed by atoms with E-state index in [1.807, 2.05) is 50.2 Å². The van der Waals surface area contributed by atoms with E-state index in [2.05, 4.69) is 5.32 Å². The summed E-state index contributed by atoms with van der Waals surface area (Å²) in [6.07, 6.45) is 0.506. The molecule has 0 spiro atoms. The Kier molecular flexibility index (Phi) is 7.53. The number of hydrogen-bond donors (Lipinski definition) is 2. The largest absolute Gasteiger partial charge is 0.480 e. The lowest BCUT2D eigenvalue weighted by Gasteiger charge is -2.20. The summed E-state index contributed by atoms with van der Waals surface area (Å²) in [5.74, 6) is -1.21. The summed E-state index contributed by atoms with van der Waals surface area (Å²) in [5, 5.41) is 12.6. The van der Waals surface area contributed by atoms with Crippen LogP contribution in [0.1, 0.15) is 48.9 Å². The molecule has 2 aromatic carbocycles. The molecule has 0 aliphatic rings. The Balaban J connectivity index is 1.86. The summed E-state index contributed by atoms with van der Waals surface area (Å²) in [7, 11) is 0. The Morgan fingerprint density at radius 2 is 1.79 bits per heavy atom. The first-order chi connectivity index (χ1) is 15.7. The second-order valence-corrected chi connectivity index (χ2v) is 8.17. The Morgan fingerprint density at radius 3 is 2.42 bits per heavy atom. The first-order valence-electron chi connectivity index (χ1n) is 11.0. The van der Waals surface area contributed by atoms with E-state index in [-0.39, 0.29) is 0 Å². The lowest BCUT2D eigenvalue weighted by molar-refractivity contribution is -0.143. The number of carbonyl (C=O) groups is 2. The van der Waals surface area contributed by atoms with Gasteiger partial charge in [-0.1, -0.05) is 43.7 Å². The first kappa shape index (κ1) is 24.0. The maximum Gasteiger partial charge on any atom is 0.340 e. The number of carbonyl (C=O) groups excluding carboxylic acids is 1. The van der Waals surface area contributed by atoms with E-state index in [4.69, 9.17) is 9.15 Å². The molecule has 1 heterocycles. The highest BCUT2D eigenvalue weighted by Crippen LogP contribution is 2.30. The zero-order valence-electron chi connectivity index (χ0n) is 19.3. The van der Waals surface area contributed by atoms with Crippen LogP contribution in [0.4, 0.5) is 0 Å². The van der Waals surface area contributed by atoms with Gasteiger partial charge in [0.25, 0.3) is 5.91 Å². The molecule has 2 N–H and O–H groups in total. The van der Waals surface area contributed by atoms with E-state index in [1.165, 1.54) is 0 Å². The molecule has 0 aliphatic heterocycles. The van der Waals surface area contributed by atoms with Gasteiger partial charge >= 0.3 is 11.6 Å². The first-order valence-corrected chi connectivity index (χ1v) is 11.0. The van der Waals surface area contributed by atoms with Gasteiger partial charge in [-0.05, 0) is 50.5 Å². The number of benzene rings is 2. The maximum absolute atomic E-state index is 12.8. The summed E-state index contributed by atoms with van der Waals surface area (Å²) >= 11 is 0. The monoisotopic (exact) mass is 451 g/mol. The molecule has 0 saturated carbocycles. The van der Waals surface area contributed by atoms with Gasteiger partial charge in [-0.3, -0.25) is 4.79 Å². The number of amides is 1. The van der Waals surface area contributed by atoms with Gasteiger partial charge in [0.2, 0.25) is 0 Å². The van der Waals surface area contributed by atoms with Gasteiger partial charge < -0.3 is 19.6 Å². The van der Waals surface area contributed by atoms with Crippen molar-refractivity contribution in [2.45, 2.75) is 59.1 Å². The van der Waals surface area contributed by atoms with Gasteiger partial charge in [-0.2, -0.15) is 0 Å². The summed E-state index contributed by atoms with van der Waals surface area (Å²) in [4.78, 5) is 36.6. The highest BCUT2D eigenvalue weighted by Gasteiger charge is 2.24. The molecule has 1 aromatic heterocycles. The molecule has 174 valence electrons. The zero-order chi connectivity index (χ0) is 24.1. The third kappa shape index (κ3) is 5.42. The van der Waals surface area contributed by atoms with Crippen LogP contribution < -0.4 is 15.7 Å². The highest BCUT2D eigenvalue weighted by molar-refractivity contribution is 5.87. The lowest BCUT2D eigenvalue weighted by atomic mass is 9.98. The fourth-order valence-corrected chi connectivity index (χ4v) is 3.78. The van der Waals surface area contributed by atoms with E-state index in [0.717, 1.165) is 16.5 Å². The molecule has 1 amide bonds. The Bertz CT molecular complexity index is 1210. The van der Waals surface area contributed by atoms with Crippen molar-refractivity contribution in [2.24, 2.45) is 0 Å². The van der Waals surface area contributed by atoms with Gasteiger partial charge in [0.05, 0.1) is 0 Å². The zero-order valence-corrected chi connectivity index (χ0v) is 19.3. The maximum atomic E-state index is 12.8. The fourth-order valence-electron chi connectivity index (χ4n) is 3.78. The Labute approximate surface area is 192 Å². The van der Waals surface area contributed by atoms with Crippen LogP contribution in [-0.2, 0) is 16.0 Å². The molecule has 7 nitrogen and oxygen atoms in total. The quantitative estimate of drug-likeness (QED) is 0.474. The third-order valence-corrected chi connectivity index (χ3v) is 5.74. The van der Waals surface area contributed by atoms with Crippen molar-refractivity contribution < 1.29 is 23.8 Å². The number of fused-ring (bicyclic) bond motifs is 1. The van der Waals surface area contributed by atoms with E-state index in [0.29, 0.717) is 41.7 Å². The fraction of sp³-hybridized carbons (Fsp3) is 0.346. The van der Waals surface area contributed by atoms with Gasteiger partial charge in [0.15, 0.2) is 6.10 Å². The number of carboxylic acid groups (broad SMARTS) is 1. The van der Waals surface area contributed by atoms with Crippen LogP contribution in [0.5, 0.6) is 5.75 Å². The van der Waals surface area contributed by atoms with Crippen LogP contribution >= 0.6 is 0 Å². The van der Waals surface area contributed by atoms with Gasteiger partial charge in [0.1, 0.15) is 17.4 Å². The van der Waals surface area contributed by atoms with Gasteiger partial charge in [-0.25, -0.2) is 9.59 Å². The van der Waals surface area contributed by atoms with Gasteiger partial charge in [-0.15, -0.1) is 0 Å². The molecule has 0 aliphatic carbocycles. The van der Waals surface area contributed by atoms with Crippen molar-refractivity contribution in [3.8, 4) is 5.75 Å². The van der Waals surface area contributed by atoms with Crippen molar-refractivity contribution in [1.29, 1.82) is 0 Å². The molecule has 0 saturated heterocycles. The molecule has 2 atom stereocenters. The minimum absolute atomic E-state index is 0.332. The van der Waals surface area contributed by atoms with E-state index in [1.54, 1.807) is 19.9 Å². The average Bonchev–Trinajstić information content (AvgIpc) is 2.79.